The van der Waals surface area contributed by atoms with Crippen LogP contribution < -0.4 is 11.1 Å². The molecule has 2 heterocycles. The maximum atomic E-state index is 11.9. The lowest BCUT2D eigenvalue weighted by atomic mass is 9.95. The summed E-state index contributed by atoms with van der Waals surface area (Å²) in [5.74, 6) is 0.523. The molecule has 22 heavy (non-hydrogen) atoms. The zero-order valence-electron chi connectivity index (χ0n) is 12.5. The summed E-state index contributed by atoms with van der Waals surface area (Å²) in [6.45, 7) is 3.35. The third-order valence-corrected chi connectivity index (χ3v) is 3.90. The van der Waals surface area contributed by atoms with Gasteiger partial charge in [-0.05, 0) is 31.9 Å². The van der Waals surface area contributed by atoms with Crippen molar-refractivity contribution in [3.05, 3.63) is 29.8 Å². The van der Waals surface area contributed by atoms with Crippen LogP contribution in [0.5, 0.6) is 0 Å². The SMILES string of the molecule is CCOC(=O)N1CCCC2(C1)N=C(N)c1ccccc1N2.Cl. The van der Waals surface area contributed by atoms with Gasteiger partial charge in [-0.3, -0.25) is 0 Å². The molecule has 1 saturated heterocycles. The van der Waals surface area contributed by atoms with Gasteiger partial charge in [0, 0.05) is 17.8 Å². The van der Waals surface area contributed by atoms with E-state index in [1.54, 1.807) is 4.90 Å². The molecule has 2 aliphatic heterocycles. The van der Waals surface area contributed by atoms with Gasteiger partial charge in [-0.1, -0.05) is 12.1 Å². The molecule has 2 aliphatic rings. The number of amidine groups is 1. The number of fused-ring (bicyclic) bond motifs is 1. The Balaban J connectivity index is 0.00000176. The summed E-state index contributed by atoms with van der Waals surface area (Å²) >= 11 is 0. The number of nitrogens with two attached hydrogens (primary N) is 1. The standard InChI is InChI=1S/C15H20N4O2.ClH/c1-2-21-14(20)19-9-5-8-15(10-19)17-12-7-4-3-6-11(12)13(16)18-15;/h3-4,6-7,17H,2,5,8-10H2,1H3,(H2,16,18);1H. The number of hydrogen-bond donors (Lipinski definition) is 2. The minimum absolute atomic E-state index is 0. The fourth-order valence-electron chi connectivity index (χ4n) is 2.99. The number of rotatable bonds is 1. The van der Waals surface area contributed by atoms with E-state index in [1.165, 1.54) is 0 Å². The summed E-state index contributed by atoms with van der Waals surface area (Å²) in [5.41, 5.74) is 7.45. The summed E-state index contributed by atoms with van der Waals surface area (Å²) in [4.78, 5) is 18.3. The molecule has 0 radical (unpaired) electrons. The van der Waals surface area contributed by atoms with Crippen molar-refractivity contribution in [1.29, 1.82) is 0 Å². The van der Waals surface area contributed by atoms with Gasteiger partial charge in [0.15, 0.2) is 0 Å². The van der Waals surface area contributed by atoms with E-state index in [1.807, 2.05) is 31.2 Å². The molecule has 6 nitrogen and oxygen atoms in total. The lowest BCUT2D eigenvalue weighted by Crippen LogP contribution is -2.55. The summed E-state index contributed by atoms with van der Waals surface area (Å²) in [6, 6.07) is 7.83. The topological polar surface area (TPSA) is 80.0 Å². The molecule has 3 N–H and O–H groups in total. The molecule has 3 rings (SSSR count). The van der Waals surface area contributed by atoms with Gasteiger partial charge in [0.2, 0.25) is 0 Å². The number of para-hydroxylation sites is 1. The number of carbonyl (C=O) groups is 1. The van der Waals surface area contributed by atoms with Crippen molar-refractivity contribution in [1.82, 2.24) is 4.90 Å². The summed E-state index contributed by atoms with van der Waals surface area (Å²) < 4.78 is 5.09. The van der Waals surface area contributed by atoms with E-state index in [0.29, 0.717) is 25.5 Å². The molecule has 0 aliphatic carbocycles. The van der Waals surface area contributed by atoms with Crippen molar-refractivity contribution in [3.8, 4) is 0 Å². The van der Waals surface area contributed by atoms with Crippen molar-refractivity contribution < 1.29 is 9.53 Å². The Hall–Kier alpha value is -1.95. The number of nitrogens with zero attached hydrogens (tertiary/aromatic N) is 2. The van der Waals surface area contributed by atoms with Crippen LogP contribution in [0, 0.1) is 0 Å². The normalized spacial score (nSPS) is 23.0. The number of amides is 1. The minimum atomic E-state index is -0.538. The number of nitrogens with one attached hydrogen (secondary N) is 1. The fourth-order valence-corrected chi connectivity index (χ4v) is 2.99. The number of piperidine rings is 1. The second-order valence-electron chi connectivity index (χ2n) is 5.42. The van der Waals surface area contributed by atoms with Gasteiger partial charge < -0.3 is 20.7 Å². The van der Waals surface area contributed by atoms with Crippen molar-refractivity contribution >= 4 is 30.0 Å². The lowest BCUT2D eigenvalue weighted by Gasteiger charge is -2.43. The van der Waals surface area contributed by atoms with Crippen LogP contribution in [0.4, 0.5) is 10.5 Å². The van der Waals surface area contributed by atoms with Gasteiger partial charge in [-0.2, -0.15) is 0 Å². The Kier molecular flexibility index (Phi) is 4.81. The Morgan fingerprint density at radius 3 is 3.05 bits per heavy atom. The predicted molar refractivity (Wildman–Crippen MR) is 88.6 cm³/mol. The molecule has 120 valence electrons. The van der Waals surface area contributed by atoms with E-state index in [0.717, 1.165) is 24.1 Å². The molecule has 0 aromatic heterocycles. The lowest BCUT2D eigenvalue weighted by molar-refractivity contribution is 0.0864. The first-order valence-electron chi connectivity index (χ1n) is 7.28. The second kappa shape index (κ2) is 6.44. The van der Waals surface area contributed by atoms with Crippen molar-refractivity contribution in [3.63, 3.8) is 0 Å². The average molecular weight is 325 g/mol. The van der Waals surface area contributed by atoms with Crippen LogP contribution >= 0.6 is 12.4 Å². The van der Waals surface area contributed by atoms with Gasteiger partial charge >= 0.3 is 6.09 Å². The van der Waals surface area contributed by atoms with Crippen LogP contribution in [0.15, 0.2) is 29.3 Å². The average Bonchev–Trinajstić information content (AvgIpc) is 2.47. The Labute approximate surface area is 136 Å². The van der Waals surface area contributed by atoms with E-state index in [9.17, 15) is 4.79 Å². The van der Waals surface area contributed by atoms with Crippen LogP contribution in [0.3, 0.4) is 0 Å². The maximum absolute atomic E-state index is 11.9. The number of likely N-dealkylation sites (tertiary alicyclic amines) is 1. The van der Waals surface area contributed by atoms with Crippen molar-refractivity contribution in [2.45, 2.75) is 25.4 Å². The largest absolute Gasteiger partial charge is 0.450 e. The third kappa shape index (κ3) is 2.97. The maximum Gasteiger partial charge on any atom is 0.409 e. The van der Waals surface area contributed by atoms with E-state index >= 15 is 0 Å². The van der Waals surface area contributed by atoms with Crippen LogP contribution in [0.2, 0.25) is 0 Å². The number of hydrogen-bond acceptors (Lipinski definition) is 5. The van der Waals surface area contributed by atoms with Gasteiger partial charge in [0.1, 0.15) is 11.5 Å². The summed E-state index contributed by atoms with van der Waals surface area (Å²) in [5, 5.41) is 3.45. The van der Waals surface area contributed by atoms with E-state index in [2.05, 4.69) is 10.3 Å². The number of anilines is 1. The number of ether oxygens (including phenoxy) is 1. The first kappa shape index (κ1) is 16.4. The molecule has 1 spiro atoms. The number of benzene rings is 1. The van der Waals surface area contributed by atoms with E-state index < -0.39 is 5.66 Å². The molecule has 1 atom stereocenters. The highest BCUT2D eigenvalue weighted by Crippen LogP contribution is 2.33. The van der Waals surface area contributed by atoms with Gasteiger partial charge in [-0.15, -0.1) is 12.4 Å². The number of halogens is 1. The van der Waals surface area contributed by atoms with E-state index in [4.69, 9.17) is 10.5 Å². The molecule has 1 aromatic carbocycles. The molecule has 1 amide bonds. The summed E-state index contributed by atoms with van der Waals surface area (Å²) in [7, 11) is 0. The van der Waals surface area contributed by atoms with E-state index in [-0.39, 0.29) is 18.5 Å². The highest BCUT2D eigenvalue weighted by Gasteiger charge is 2.40. The van der Waals surface area contributed by atoms with Crippen LogP contribution in [0.25, 0.3) is 0 Å². The predicted octanol–water partition coefficient (Wildman–Crippen LogP) is 2.19. The minimum Gasteiger partial charge on any atom is -0.450 e. The Morgan fingerprint density at radius 2 is 2.27 bits per heavy atom. The van der Waals surface area contributed by atoms with Crippen molar-refractivity contribution in [2.75, 3.05) is 25.0 Å². The molecule has 1 aromatic rings. The third-order valence-electron chi connectivity index (χ3n) is 3.90. The van der Waals surface area contributed by atoms with Gasteiger partial charge in [0.05, 0.1) is 13.2 Å². The van der Waals surface area contributed by atoms with Crippen LogP contribution in [0.1, 0.15) is 25.3 Å². The van der Waals surface area contributed by atoms with Gasteiger partial charge in [0.25, 0.3) is 0 Å². The highest BCUT2D eigenvalue weighted by atomic mass is 35.5. The zero-order valence-corrected chi connectivity index (χ0v) is 13.4. The highest BCUT2D eigenvalue weighted by molar-refractivity contribution is 6.04. The zero-order chi connectivity index (χ0) is 14.9. The molecular formula is C15H21ClN4O2. The monoisotopic (exact) mass is 324 g/mol. The van der Waals surface area contributed by atoms with Crippen LogP contribution in [-0.4, -0.2) is 42.2 Å². The molecular weight excluding hydrogens is 304 g/mol. The second-order valence-corrected chi connectivity index (χ2v) is 5.42. The fraction of sp³-hybridized carbons (Fsp3) is 0.467. The Bertz CT molecular complexity index is 593. The first-order valence-corrected chi connectivity index (χ1v) is 7.28. The Morgan fingerprint density at radius 1 is 1.50 bits per heavy atom. The summed E-state index contributed by atoms with van der Waals surface area (Å²) in [6.07, 6.45) is 1.42. The number of carbonyl (C=O) groups excluding carboxylic acids is 1. The molecule has 0 saturated carbocycles. The van der Waals surface area contributed by atoms with Crippen molar-refractivity contribution in [2.24, 2.45) is 10.7 Å². The quantitative estimate of drug-likeness (QED) is 0.830. The molecule has 7 heteroatoms. The first-order chi connectivity index (χ1) is 10.1. The van der Waals surface area contributed by atoms with Crippen LogP contribution in [-0.2, 0) is 4.74 Å². The molecule has 0 bridgehead atoms. The number of aliphatic imine (C=N–C) groups is 1. The molecule has 1 unspecified atom stereocenters. The molecule has 1 fully saturated rings. The van der Waals surface area contributed by atoms with Gasteiger partial charge in [-0.25, -0.2) is 9.79 Å². The smallest absolute Gasteiger partial charge is 0.409 e.